The molecule has 1 aromatic heterocycles. The molecule has 0 aliphatic carbocycles. The summed E-state index contributed by atoms with van der Waals surface area (Å²) >= 11 is 0. The Bertz CT molecular complexity index is 1410. The van der Waals surface area contributed by atoms with E-state index in [1.54, 1.807) is 31.1 Å². The van der Waals surface area contributed by atoms with Crippen LogP contribution in [0.5, 0.6) is 5.88 Å². The van der Waals surface area contributed by atoms with Crippen LogP contribution in [0.2, 0.25) is 0 Å². The largest absolute Gasteiger partial charge is 0.472 e. The summed E-state index contributed by atoms with van der Waals surface area (Å²) in [7, 11) is 1.54. The van der Waals surface area contributed by atoms with Crippen LogP contribution in [0.3, 0.4) is 0 Å². The zero-order chi connectivity index (χ0) is 30.4. The zero-order valence-corrected chi connectivity index (χ0v) is 23.5. The first kappa shape index (κ1) is 30.6. The van der Waals surface area contributed by atoms with Crippen molar-refractivity contribution in [2.45, 2.75) is 32.2 Å². The first-order valence-electron chi connectivity index (χ1n) is 13.5. The number of pyridine rings is 1. The zero-order valence-electron chi connectivity index (χ0n) is 23.5. The maximum absolute atomic E-state index is 13.6. The monoisotopic (exact) mass is 582 g/mol. The summed E-state index contributed by atoms with van der Waals surface area (Å²) in [6, 6.07) is 14.5. The molecule has 1 aliphatic heterocycles. The number of rotatable bonds is 7. The van der Waals surface area contributed by atoms with Gasteiger partial charge in [-0.2, -0.15) is 13.2 Å². The van der Waals surface area contributed by atoms with Crippen LogP contribution < -0.4 is 10.1 Å². The molecule has 0 spiro atoms. The van der Waals surface area contributed by atoms with E-state index in [0.717, 1.165) is 17.7 Å². The van der Waals surface area contributed by atoms with Gasteiger partial charge in [0.1, 0.15) is 11.7 Å². The number of hydrogen-bond donors (Lipinski definition) is 2. The molecule has 11 heteroatoms. The molecule has 222 valence electrons. The molecule has 0 saturated heterocycles. The molecule has 1 aliphatic rings. The standard InChI is InChI=1S/C31H33F3N4O4/c1-20-17-38(21(2)19-39)29(40)26-15-23(10-9-22-7-5-4-6-8-22)16-35-28(26)42-27(20)18-37(3)30(41)36-25-13-11-24(12-14-25)31(32,33)34/h4-16,20-21,27,39H,17-19H2,1-3H3,(H,36,41)/b10-9+/t20-,21+,27-/m1/s1. The maximum Gasteiger partial charge on any atom is 0.416 e. The van der Waals surface area contributed by atoms with Gasteiger partial charge in [0.05, 0.1) is 24.8 Å². The van der Waals surface area contributed by atoms with Gasteiger partial charge in [0, 0.05) is 31.4 Å². The first-order chi connectivity index (χ1) is 20.0. The van der Waals surface area contributed by atoms with Gasteiger partial charge in [0.2, 0.25) is 5.88 Å². The Kier molecular flexibility index (Phi) is 9.52. The van der Waals surface area contributed by atoms with Gasteiger partial charge in [-0.15, -0.1) is 0 Å². The fraction of sp³-hybridized carbons (Fsp3) is 0.323. The number of fused-ring (bicyclic) bond motifs is 1. The number of aliphatic hydroxyl groups is 1. The highest BCUT2D eigenvalue weighted by Gasteiger charge is 2.35. The van der Waals surface area contributed by atoms with Crippen molar-refractivity contribution in [3.63, 3.8) is 0 Å². The topological polar surface area (TPSA) is 95.0 Å². The molecule has 8 nitrogen and oxygen atoms in total. The van der Waals surface area contributed by atoms with Gasteiger partial charge in [-0.25, -0.2) is 9.78 Å². The number of aromatic nitrogens is 1. The molecule has 0 unspecified atom stereocenters. The number of nitrogens with zero attached hydrogens (tertiary/aromatic N) is 3. The number of nitrogens with one attached hydrogen (secondary N) is 1. The summed E-state index contributed by atoms with van der Waals surface area (Å²) in [5.74, 6) is -0.482. The molecule has 2 N–H and O–H groups in total. The van der Waals surface area contributed by atoms with E-state index >= 15 is 0 Å². The van der Waals surface area contributed by atoms with Crippen molar-refractivity contribution in [1.29, 1.82) is 0 Å². The van der Waals surface area contributed by atoms with Crippen molar-refractivity contribution >= 4 is 29.8 Å². The molecule has 42 heavy (non-hydrogen) atoms. The minimum Gasteiger partial charge on any atom is -0.472 e. The average Bonchev–Trinajstić information content (AvgIpc) is 2.97. The lowest BCUT2D eigenvalue weighted by molar-refractivity contribution is -0.137. The molecule has 3 aromatic rings. The van der Waals surface area contributed by atoms with E-state index in [1.165, 1.54) is 17.0 Å². The predicted octanol–water partition coefficient (Wildman–Crippen LogP) is 5.65. The Morgan fingerprint density at radius 3 is 2.48 bits per heavy atom. The number of likely N-dealkylation sites (N-methyl/N-ethyl adjacent to an activating group) is 1. The normalized spacial score (nSPS) is 18.1. The second-order valence-electron chi connectivity index (χ2n) is 10.4. The van der Waals surface area contributed by atoms with E-state index in [4.69, 9.17) is 4.74 Å². The van der Waals surface area contributed by atoms with Crippen LogP contribution in [0.4, 0.5) is 23.7 Å². The summed E-state index contributed by atoms with van der Waals surface area (Å²) in [5, 5.41) is 12.5. The molecule has 4 rings (SSSR count). The third-order valence-corrected chi connectivity index (χ3v) is 7.07. The number of carbonyl (C=O) groups is 2. The fourth-order valence-electron chi connectivity index (χ4n) is 4.50. The number of benzene rings is 2. The Morgan fingerprint density at radius 2 is 1.83 bits per heavy atom. The molecule has 3 atom stereocenters. The van der Waals surface area contributed by atoms with Crippen LogP contribution in [0.25, 0.3) is 12.2 Å². The fourth-order valence-corrected chi connectivity index (χ4v) is 4.50. The van der Waals surface area contributed by atoms with Crippen LogP contribution >= 0.6 is 0 Å². The Balaban J connectivity index is 1.55. The number of halogens is 3. The lowest BCUT2D eigenvalue weighted by atomic mass is 10.00. The second-order valence-corrected chi connectivity index (χ2v) is 10.4. The third-order valence-electron chi connectivity index (χ3n) is 7.07. The number of aliphatic hydroxyl groups excluding tert-OH is 1. The number of hydrogen-bond acceptors (Lipinski definition) is 5. The maximum atomic E-state index is 13.6. The minimum absolute atomic E-state index is 0.0972. The van der Waals surface area contributed by atoms with Crippen LogP contribution in [0, 0.1) is 5.92 Å². The number of carbonyl (C=O) groups excluding carboxylic acids is 2. The summed E-state index contributed by atoms with van der Waals surface area (Å²) in [5.41, 5.74) is 1.30. The molecule has 0 fully saturated rings. The molecular formula is C31H33F3N4O4. The molecule has 0 radical (unpaired) electrons. The van der Waals surface area contributed by atoms with Crippen molar-refractivity contribution in [3.8, 4) is 5.88 Å². The van der Waals surface area contributed by atoms with Crippen LogP contribution in [-0.2, 0) is 6.18 Å². The van der Waals surface area contributed by atoms with E-state index < -0.39 is 29.9 Å². The van der Waals surface area contributed by atoms with Crippen molar-refractivity contribution in [3.05, 3.63) is 89.1 Å². The van der Waals surface area contributed by atoms with E-state index in [0.29, 0.717) is 5.56 Å². The smallest absolute Gasteiger partial charge is 0.416 e. The quantitative estimate of drug-likeness (QED) is 0.375. The highest BCUT2D eigenvalue weighted by atomic mass is 19.4. The van der Waals surface area contributed by atoms with Crippen LogP contribution in [-0.4, -0.2) is 70.7 Å². The van der Waals surface area contributed by atoms with Gasteiger partial charge in [-0.05, 0) is 48.4 Å². The molecule has 2 heterocycles. The van der Waals surface area contributed by atoms with Gasteiger partial charge in [-0.3, -0.25) is 4.79 Å². The number of alkyl halides is 3. The van der Waals surface area contributed by atoms with Gasteiger partial charge in [-0.1, -0.05) is 49.4 Å². The molecule has 2 aromatic carbocycles. The second kappa shape index (κ2) is 13.1. The van der Waals surface area contributed by atoms with Gasteiger partial charge < -0.3 is 25.0 Å². The lowest BCUT2D eigenvalue weighted by Crippen LogP contribution is -2.50. The van der Waals surface area contributed by atoms with E-state index in [-0.39, 0.29) is 48.7 Å². The Morgan fingerprint density at radius 1 is 1.17 bits per heavy atom. The molecule has 3 amide bonds. The predicted molar refractivity (Wildman–Crippen MR) is 154 cm³/mol. The average molecular weight is 583 g/mol. The van der Waals surface area contributed by atoms with Gasteiger partial charge in [0.15, 0.2) is 0 Å². The summed E-state index contributed by atoms with van der Waals surface area (Å²) in [4.78, 5) is 33.9. The summed E-state index contributed by atoms with van der Waals surface area (Å²) in [6.07, 6.45) is 0.272. The molecule has 0 bridgehead atoms. The van der Waals surface area contributed by atoms with Crippen molar-refractivity contribution < 1.29 is 32.6 Å². The number of urea groups is 1. The molecule has 0 saturated carbocycles. The van der Waals surface area contributed by atoms with Crippen LogP contribution in [0.15, 0.2) is 66.9 Å². The van der Waals surface area contributed by atoms with Gasteiger partial charge >= 0.3 is 12.2 Å². The number of ether oxygens (including phenoxy) is 1. The van der Waals surface area contributed by atoms with E-state index in [9.17, 15) is 27.9 Å². The van der Waals surface area contributed by atoms with Crippen molar-refractivity contribution in [1.82, 2.24) is 14.8 Å². The highest BCUT2D eigenvalue weighted by molar-refractivity contribution is 5.97. The Hall–Kier alpha value is -4.38. The van der Waals surface area contributed by atoms with E-state index in [1.807, 2.05) is 49.4 Å². The SMILES string of the molecule is C[C@@H]1CN([C@@H](C)CO)C(=O)c2cc(/C=C/c3ccccc3)cnc2O[C@@H]1CN(C)C(=O)Nc1ccc(C(F)(F)F)cc1. The third kappa shape index (κ3) is 7.47. The number of amides is 3. The molecular weight excluding hydrogens is 549 g/mol. The summed E-state index contributed by atoms with van der Waals surface area (Å²) in [6.45, 7) is 3.73. The number of anilines is 1. The highest BCUT2D eigenvalue weighted by Crippen LogP contribution is 2.30. The summed E-state index contributed by atoms with van der Waals surface area (Å²) < 4.78 is 44.9. The van der Waals surface area contributed by atoms with E-state index in [2.05, 4.69) is 10.3 Å². The van der Waals surface area contributed by atoms with Crippen LogP contribution in [0.1, 0.15) is 40.9 Å². The van der Waals surface area contributed by atoms with Crippen molar-refractivity contribution in [2.75, 3.05) is 32.1 Å². The van der Waals surface area contributed by atoms with Gasteiger partial charge in [0.25, 0.3) is 5.91 Å². The first-order valence-corrected chi connectivity index (χ1v) is 13.5. The van der Waals surface area contributed by atoms with Crippen molar-refractivity contribution in [2.24, 2.45) is 5.92 Å². The minimum atomic E-state index is -4.48. The Labute approximate surface area is 242 Å². The lowest BCUT2D eigenvalue weighted by Gasteiger charge is -2.37.